The molecule has 1 amide bonds. The van der Waals surface area contributed by atoms with Crippen LogP contribution in [0.5, 0.6) is 5.75 Å². The number of hydrogen-bond donors (Lipinski definition) is 1. The molecule has 1 heterocycles. The predicted octanol–water partition coefficient (Wildman–Crippen LogP) is 0.736. The number of aliphatic carboxylic acids is 1. The molecule has 0 aromatic heterocycles. The van der Waals surface area contributed by atoms with Crippen molar-refractivity contribution in [2.75, 3.05) is 19.9 Å². The van der Waals surface area contributed by atoms with Crippen LogP contribution in [0.3, 0.4) is 0 Å². The summed E-state index contributed by atoms with van der Waals surface area (Å²) in [5.41, 5.74) is -0.115. The molecule has 9 heteroatoms. The molecule has 0 aliphatic carbocycles. The van der Waals surface area contributed by atoms with Crippen LogP contribution < -0.4 is 4.74 Å². The van der Waals surface area contributed by atoms with Gasteiger partial charge in [-0.1, -0.05) is 0 Å². The number of sulfone groups is 1. The molecule has 0 spiro atoms. The molecule has 2 atom stereocenters. The van der Waals surface area contributed by atoms with E-state index in [2.05, 4.69) is 0 Å². The van der Waals surface area contributed by atoms with Gasteiger partial charge in [0.15, 0.2) is 9.84 Å². The number of carboxylic acids is 1. The number of amides is 1. The average molecular weight is 345 g/mol. The van der Waals surface area contributed by atoms with Crippen molar-refractivity contribution in [3.8, 4) is 5.75 Å². The molecule has 23 heavy (non-hydrogen) atoms. The Labute approximate surface area is 132 Å². The largest absolute Gasteiger partial charge is 0.496 e. The Bertz CT molecular complexity index is 748. The molecule has 1 fully saturated rings. The van der Waals surface area contributed by atoms with E-state index in [0.29, 0.717) is 0 Å². The molecule has 1 saturated heterocycles. The summed E-state index contributed by atoms with van der Waals surface area (Å²) in [7, 11) is -2.27. The van der Waals surface area contributed by atoms with Crippen molar-refractivity contribution in [1.29, 1.82) is 0 Å². The third-order valence-corrected chi connectivity index (χ3v) is 4.74. The van der Waals surface area contributed by atoms with Crippen molar-refractivity contribution in [3.63, 3.8) is 0 Å². The summed E-state index contributed by atoms with van der Waals surface area (Å²) in [6.07, 6.45) is -0.754. The van der Waals surface area contributed by atoms with Gasteiger partial charge in [-0.3, -0.25) is 4.79 Å². The first-order chi connectivity index (χ1) is 10.6. The molecule has 0 radical (unpaired) electrons. The zero-order chi connectivity index (χ0) is 17.4. The fraction of sp³-hybridized carbons (Fsp3) is 0.429. The first-order valence-corrected chi connectivity index (χ1v) is 8.60. The molecule has 1 N–H and O–H groups in total. The summed E-state index contributed by atoms with van der Waals surface area (Å²) in [5.74, 6) is -1.99. The topological polar surface area (TPSA) is 101 Å². The van der Waals surface area contributed by atoms with Gasteiger partial charge in [-0.25, -0.2) is 17.6 Å². The van der Waals surface area contributed by atoms with E-state index in [1.54, 1.807) is 0 Å². The van der Waals surface area contributed by atoms with Gasteiger partial charge < -0.3 is 14.7 Å². The fourth-order valence-corrected chi connectivity index (χ4v) is 3.13. The molecule has 0 unspecified atom stereocenters. The molecular weight excluding hydrogens is 329 g/mol. The Morgan fingerprint density at radius 1 is 1.39 bits per heavy atom. The van der Waals surface area contributed by atoms with Crippen molar-refractivity contribution >= 4 is 21.7 Å². The van der Waals surface area contributed by atoms with Crippen LogP contribution in [-0.2, 0) is 14.6 Å². The fourth-order valence-electron chi connectivity index (χ4n) is 2.48. The Kier molecular flexibility index (Phi) is 4.60. The molecule has 0 bridgehead atoms. The Balaban J connectivity index is 2.47. The SMILES string of the molecule is COc1ccc(S(C)(=O)=O)cc1C(=O)N1C[C@@H](F)C[C@@H]1C(=O)O. The molecule has 0 saturated carbocycles. The summed E-state index contributed by atoms with van der Waals surface area (Å²) < 4.78 is 41.8. The number of halogens is 1. The van der Waals surface area contributed by atoms with Gasteiger partial charge in [-0.15, -0.1) is 0 Å². The van der Waals surface area contributed by atoms with Crippen LogP contribution in [0, 0.1) is 0 Å². The van der Waals surface area contributed by atoms with Gasteiger partial charge >= 0.3 is 5.97 Å². The summed E-state index contributed by atoms with van der Waals surface area (Å²) in [6, 6.07) is 2.41. The van der Waals surface area contributed by atoms with Gasteiger partial charge in [0.2, 0.25) is 0 Å². The first-order valence-electron chi connectivity index (χ1n) is 6.71. The first kappa shape index (κ1) is 17.2. The maximum atomic E-state index is 13.5. The minimum Gasteiger partial charge on any atom is -0.496 e. The molecule has 126 valence electrons. The zero-order valence-electron chi connectivity index (χ0n) is 12.5. The Morgan fingerprint density at radius 3 is 2.57 bits per heavy atom. The molecular formula is C14H16FNO6S. The second-order valence-electron chi connectivity index (χ2n) is 5.28. The van der Waals surface area contributed by atoms with E-state index in [0.717, 1.165) is 17.2 Å². The lowest BCUT2D eigenvalue weighted by molar-refractivity contribution is -0.141. The smallest absolute Gasteiger partial charge is 0.326 e. The van der Waals surface area contributed by atoms with Crippen LogP contribution in [0.2, 0.25) is 0 Å². The highest BCUT2D eigenvalue weighted by Gasteiger charge is 2.41. The Morgan fingerprint density at radius 2 is 2.04 bits per heavy atom. The van der Waals surface area contributed by atoms with E-state index in [4.69, 9.17) is 9.84 Å². The van der Waals surface area contributed by atoms with E-state index in [9.17, 15) is 22.4 Å². The lowest BCUT2D eigenvalue weighted by atomic mass is 10.1. The normalized spacial score (nSPS) is 21.3. The minimum absolute atomic E-state index is 0.0915. The third-order valence-electron chi connectivity index (χ3n) is 3.63. The van der Waals surface area contributed by atoms with Gasteiger partial charge in [-0.05, 0) is 18.2 Å². The number of benzene rings is 1. The Hall–Kier alpha value is -2.16. The van der Waals surface area contributed by atoms with E-state index in [1.165, 1.54) is 19.2 Å². The molecule has 1 aliphatic rings. The number of carbonyl (C=O) groups is 2. The molecule has 1 aliphatic heterocycles. The standard InChI is InChI=1S/C14H16FNO6S/c1-22-12-4-3-9(23(2,20)21)6-10(12)13(17)16-7-8(15)5-11(16)14(18)19/h3-4,6,8,11H,5,7H2,1-2H3,(H,18,19)/t8-,11+/m0/s1. The van der Waals surface area contributed by atoms with Crippen LogP contribution >= 0.6 is 0 Å². The van der Waals surface area contributed by atoms with Crippen LogP contribution in [0.1, 0.15) is 16.8 Å². The van der Waals surface area contributed by atoms with Gasteiger partial charge in [-0.2, -0.15) is 0 Å². The zero-order valence-corrected chi connectivity index (χ0v) is 13.3. The second kappa shape index (κ2) is 6.15. The minimum atomic E-state index is -3.56. The molecule has 1 aromatic rings. The number of carboxylic acid groups (broad SMARTS) is 1. The summed E-state index contributed by atoms with van der Waals surface area (Å²) >= 11 is 0. The highest BCUT2D eigenvalue weighted by atomic mass is 32.2. The van der Waals surface area contributed by atoms with Gasteiger partial charge in [0, 0.05) is 12.7 Å². The van der Waals surface area contributed by atoms with E-state index in [1.807, 2.05) is 0 Å². The summed E-state index contributed by atoms with van der Waals surface area (Å²) in [5, 5.41) is 9.12. The van der Waals surface area contributed by atoms with Crippen LogP contribution in [0.25, 0.3) is 0 Å². The van der Waals surface area contributed by atoms with Crippen molar-refractivity contribution in [1.82, 2.24) is 4.90 Å². The number of nitrogens with zero attached hydrogens (tertiary/aromatic N) is 1. The van der Waals surface area contributed by atoms with E-state index in [-0.39, 0.29) is 29.2 Å². The van der Waals surface area contributed by atoms with Gasteiger partial charge in [0.05, 0.1) is 24.1 Å². The monoisotopic (exact) mass is 345 g/mol. The number of methoxy groups -OCH3 is 1. The van der Waals surface area contributed by atoms with Crippen molar-refractivity contribution in [2.24, 2.45) is 0 Å². The van der Waals surface area contributed by atoms with Gasteiger partial charge in [0.1, 0.15) is 18.0 Å². The van der Waals surface area contributed by atoms with Gasteiger partial charge in [0.25, 0.3) is 5.91 Å². The number of hydrogen-bond acceptors (Lipinski definition) is 5. The predicted molar refractivity (Wildman–Crippen MR) is 78.1 cm³/mol. The van der Waals surface area contributed by atoms with E-state index >= 15 is 0 Å². The third kappa shape index (κ3) is 3.44. The second-order valence-corrected chi connectivity index (χ2v) is 7.29. The van der Waals surface area contributed by atoms with E-state index < -0.39 is 33.9 Å². The van der Waals surface area contributed by atoms with Crippen molar-refractivity contribution < 1.29 is 32.2 Å². The van der Waals surface area contributed by atoms with Crippen molar-refractivity contribution in [3.05, 3.63) is 23.8 Å². The molecule has 2 rings (SSSR count). The number of rotatable bonds is 4. The number of ether oxygens (including phenoxy) is 1. The maximum absolute atomic E-state index is 13.5. The summed E-state index contributed by atoms with van der Waals surface area (Å²) in [6.45, 7) is -0.359. The number of alkyl halides is 1. The average Bonchev–Trinajstić information content (AvgIpc) is 2.87. The number of likely N-dealkylation sites (tertiary alicyclic amines) is 1. The maximum Gasteiger partial charge on any atom is 0.326 e. The lowest BCUT2D eigenvalue weighted by Crippen LogP contribution is -2.40. The van der Waals surface area contributed by atoms with Crippen LogP contribution in [0.15, 0.2) is 23.1 Å². The van der Waals surface area contributed by atoms with Crippen molar-refractivity contribution in [2.45, 2.75) is 23.5 Å². The van der Waals surface area contributed by atoms with Crippen LogP contribution in [0.4, 0.5) is 4.39 Å². The summed E-state index contributed by atoms with van der Waals surface area (Å²) in [4.78, 5) is 24.6. The highest BCUT2D eigenvalue weighted by Crippen LogP contribution is 2.28. The molecule has 7 nitrogen and oxygen atoms in total. The lowest BCUT2D eigenvalue weighted by Gasteiger charge is -2.22. The highest BCUT2D eigenvalue weighted by molar-refractivity contribution is 7.90. The molecule has 1 aromatic carbocycles. The number of carbonyl (C=O) groups excluding carboxylic acids is 1. The van der Waals surface area contributed by atoms with Crippen LogP contribution in [-0.4, -0.2) is 62.4 Å². The quantitative estimate of drug-likeness (QED) is 0.864.